The maximum Gasteiger partial charge on any atom is 0.0693 e. The molecule has 2 aliphatic rings. The zero-order valence-corrected chi connectivity index (χ0v) is 10.9. The standard InChI is InChI=1S/C14H27NO2/c16-14-9-3-1-2-8-13(14)15-10-11-17-12-6-4-5-7-12/h12-16H,1-11H2. The molecule has 0 aromatic carbocycles. The molecule has 2 aliphatic carbocycles. The second kappa shape index (κ2) is 7.34. The maximum absolute atomic E-state index is 9.96. The van der Waals surface area contributed by atoms with E-state index in [4.69, 9.17) is 4.74 Å². The van der Waals surface area contributed by atoms with Crippen molar-refractivity contribution in [1.29, 1.82) is 0 Å². The lowest BCUT2D eigenvalue weighted by Gasteiger charge is -2.22. The number of ether oxygens (including phenoxy) is 1. The quantitative estimate of drug-likeness (QED) is 0.573. The predicted molar refractivity (Wildman–Crippen MR) is 69.1 cm³/mol. The van der Waals surface area contributed by atoms with Crippen molar-refractivity contribution in [1.82, 2.24) is 5.32 Å². The zero-order chi connectivity index (χ0) is 11.9. The van der Waals surface area contributed by atoms with E-state index in [1.165, 1.54) is 44.9 Å². The number of nitrogens with one attached hydrogen (secondary N) is 1. The van der Waals surface area contributed by atoms with Crippen LogP contribution < -0.4 is 5.32 Å². The van der Waals surface area contributed by atoms with Gasteiger partial charge in [-0.3, -0.25) is 0 Å². The Morgan fingerprint density at radius 3 is 2.47 bits per heavy atom. The van der Waals surface area contributed by atoms with Crippen LogP contribution in [-0.2, 0) is 4.74 Å². The normalized spacial score (nSPS) is 31.6. The van der Waals surface area contributed by atoms with Crippen molar-refractivity contribution < 1.29 is 9.84 Å². The zero-order valence-electron chi connectivity index (χ0n) is 10.9. The highest BCUT2D eigenvalue weighted by molar-refractivity contribution is 4.78. The summed E-state index contributed by atoms with van der Waals surface area (Å²) in [4.78, 5) is 0. The van der Waals surface area contributed by atoms with E-state index in [2.05, 4.69) is 5.32 Å². The van der Waals surface area contributed by atoms with E-state index in [0.29, 0.717) is 12.1 Å². The first-order chi connectivity index (χ1) is 8.36. The van der Waals surface area contributed by atoms with E-state index in [9.17, 15) is 5.11 Å². The molecule has 0 aromatic rings. The van der Waals surface area contributed by atoms with Crippen LogP contribution in [0.3, 0.4) is 0 Å². The topological polar surface area (TPSA) is 41.5 Å². The third-order valence-electron chi connectivity index (χ3n) is 4.14. The highest BCUT2D eigenvalue weighted by Crippen LogP contribution is 2.21. The Morgan fingerprint density at radius 2 is 1.65 bits per heavy atom. The monoisotopic (exact) mass is 241 g/mol. The lowest BCUT2D eigenvalue weighted by atomic mass is 10.1. The SMILES string of the molecule is OC1CCCCCC1NCCOC1CCCC1. The van der Waals surface area contributed by atoms with Gasteiger partial charge in [-0.15, -0.1) is 0 Å². The van der Waals surface area contributed by atoms with E-state index in [0.717, 1.165) is 26.0 Å². The molecule has 17 heavy (non-hydrogen) atoms. The smallest absolute Gasteiger partial charge is 0.0693 e. The summed E-state index contributed by atoms with van der Waals surface area (Å²) in [5, 5.41) is 13.4. The average molecular weight is 241 g/mol. The molecule has 0 spiro atoms. The van der Waals surface area contributed by atoms with Gasteiger partial charge in [0.25, 0.3) is 0 Å². The maximum atomic E-state index is 9.96. The number of aliphatic hydroxyl groups is 1. The molecule has 0 saturated heterocycles. The fraction of sp³-hybridized carbons (Fsp3) is 1.00. The molecule has 100 valence electrons. The summed E-state index contributed by atoms with van der Waals surface area (Å²) in [5.41, 5.74) is 0. The molecular formula is C14H27NO2. The van der Waals surface area contributed by atoms with E-state index in [1.54, 1.807) is 0 Å². The molecule has 3 nitrogen and oxygen atoms in total. The van der Waals surface area contributed by atoms with Crippen molar-refractivity contribution in [3.63, 3.8) is 0 Å². The van der Waals surface area contributed by atoms with Gasteiger partial charge in [-0.1, -0.05) is 32.1 Å². The van der Waals surface area contributed by atoms with Crippen LogP contribution in [0.5, 0.6) is 0 Å². The Morgan fingerprint density at radius 1 is 0.941 bits per heavy atom. The molecule has 0 aliphatic heterocycles. The van der Waals surface area contributed by atoms with Crippen molar-refractivity contribution in [3.05, 3.63) is 0 Å². The number of hydrogen-bond donors (Lipinski definition) is 2. The Bertz CT molecular complexity index is 204. The van der Waals surface area contributed by atoms with Gasteiger partial charge < -0.3 is 15.2 Å². The molecule has 2 fully saturated rings. The van der Waals surface area contributed by atoms with Crippen LogP contribution >= 0.6 is 0 Å². The van der Waals surface area contributed by atoms with E-state index < -0.39 is 0 Å². The van der Waals surface area contributed by atoms with Crippen LogP contribution in [0.25, 0.3) is 0 Å². The second-order valence-corrected chi connectivity index (χ2v) is 5.54. The highest BCUT2D eigenvalue weighted by Gasteiger charge is 2.21. The summed E-state index contributed by atoms with van der Waals surface area (Å²) in [7, 11) is 0. The van der Waals surface area contributed by atoms with Gasteiger partial charge >= 0.3 is 0 Å². The van der Waals surface area contributed by atoms with Crippen molar-refractivity contribution in [2.45, 2.75) is 76.0 Å². The minimum atomic E-state index is -0.149. The van der Waals surface area contributed by atoms with Crippen LogP contribution in [0.4, 0.5) is 0 Å². The van der Waals surface area contributed by atoms with Gasteiger partial charge in [-0.05, 0) is 25.7 Å². The fourth-order valence-corrected chi connectivity index (χ4v) is 3.05. The van der Waals surface area contributed by atoms with Crippen molar-refractivity contribution in [2.24, 2.45) is 0 Å². The summed E-state index contributed by atoms with van der Waals surface area (Å²) in [6.07, 6.45) is 11.3. The summed E-state index contributed by atoms with van der Waals surface area (Å²) >= 11 is 0. The molecule has 0 amide bonds. The van der Waals surface area contributed by atoms with Crippen LogP contribution in [-0.4, -0.2) is 36.5 Å². The Hall–Kier alpha value is -0.120. The lowest BCUT2D eigenvalue weighted by Crippen LogP contribution is -2.40. The van der Waals surface area contributed by atoms with Gasteiger partial charge in [0.2, 0.25) is 0 Å². The molecule has 2 unspecified atom stereocenters. The highest BCUT2D eigenvalue weighted by atomic mass is 16.5. The van der Waals surface area contributed by atoms with Gasteiger partial charge in [-0.2, -0.15) is 0 Å². The predicted octanol–water partition coefficient (Wildman–Crippen LogP) is 2.23. The Labute approximate surface area is 105 Å². The molecule has 0 radical (unpaired) electrons. The molecule has 3 heteroatoms. The number of hydrogen-bond acceptors (Lipinski definition) is 3. The lowest BCUT2D eigenvalue weighted by molar-refractivity contribution is 0.0532. The van der Waals surface area contributed by atoms with Crippen molar-refractivity contribution in [3.8, 4) is 0 Å². The Balaban J connectivity index is 1.56. The van der Waals surface area contributed by atoms with Crippen molar-refractivity contribution in [2.75, 3.05) is 13.2 Å². The molecule has 2 atom stereocenters. The fourth-order valence-electron chi connectivity index (χ4n) is 3.05. The summed E-state index contributed by atoms with van der Waals surface area (Å²) in [5.74, 6) is 0. The first-order valence-corrected chi connectivity index (χ1v) is 7.39. The third kappa shape index (κ3) is 4.57. The first-order valence-electron chi connectivity index (χ1n) is 7.39. The molecule has 2 N–H and O–H groups in total. The van der Waals surface area contributed by atoms with E-state index >= 15 is 0 Å². The largest absolute Gasteiger partial charge is 0.392 e. The van der Waals surface area contributed by atoms with E-state index in [1.807, 2.05) is 0 Å². The van der Waals surface area contributed by atoms with Gasteiger partial charge in [-0.25, -0.2) is 0 Å². The average Bonchev–Trinajstić information content (AvgIpc) is 2.76. The summed E-state index contributed by atoms with van der Waals surface area (Å²) in [6, 6.07) is 0.296. The molecule has 2 rings (SSSR count). The van der Waals surface area contributed by atoms with Gasteiger partial charge in [0.05, 0.1) is 18.8 Å². The van der Waals surface area contributed by atoms with Crippen LogP contribution in [0, 0.1) is 0 Å². The number of rotatable bonds is 5. The molecule has 0 heterocycles. The molecule has 0 aromatic heterocycles. The minimum Gasteiger partial charge on any atom is -0.392 e. The molecule has 2 saturated carbocycles. The van der Waals surface area contributed by atoms with Crippen LogP contribution in [0.15, 0.2) is 0 Å². The minimum absolute atomic E-state index is 0.149. The van der Waals surface area contributed by atoms with Gasteiger partial charge in [0.15, 0.2) is 0 Å². The summed E-state index contributed by atoms with van der Waals surface area (Å²) < 4.78 is 5.82. The first kappa shape index (κ1) is 13.3. The van der Waals surface area contributed by atoms with Crippen LogP contribution in [0.1, 0.15) is 57.8 Å². The Kier molecular flexibility index (Phi) is 5.75. The van der Waals surface area contributed by atoms with Gasteiger partial charge in [0.1, 0.15) is 0 Å². The third-order valence-corrected chi connectivity index (χ3v) is 4.14. The second-order valence-electron chi connectivity index (χ2n) is 5.54. The van der Waals surface area contributed by atoms with E-state index in [-0.39, 0.29) is 6.10 Å². The molecule has 0 bridgehead atoms. The van der Waals surface area contributed by atoms with Crippen LogP contribution in [0.2, 0.25) is 0 Å². The van der Waals surface area contributed by atoms with Gasteiger partial charge in [0, 0.05) is 12.6 Å². The number of aliphatic hydroxyl groups excluding tert-OH is 1. The van der Waals surface area contributed by atoms with Crippen molar-refractivity contribution >= 4 is 0 Å². The molecular weight excluding hydrogens is 214 g/mol. The summed E-state index contributed by atoms with van der Waals surface area (Å²) in [6.45, 7) is 1.69.